The van der Waals surface area contributed by atoms with Crippen molar-refractivity contribution >= 4 is 72.0 Å². The molecule has 2 aromatic carbocycles. The Morgan fingerprint density at radius 3 is 2.15 bits per heavy atom. The molecule has 6 aromatic rings. The molecule has 1 saturated heterocycles. The molecule has 0 radical (unpaired) electrons. The molecular formula is C42H45BrClN7O2. The Labute approximate surface area is 323 Å². The van der Waals surface area contributed by atoms with E-state index in [4.69, 9.17) is 26.1 Å². The maximum absolute atomic E-state index is 6.46. The van der Waals surface area contributed by atoms with Crippen molar-refractivity contribution in [2.45, 2.75) is 82.8 Å². The zero-order chi connectivity index (χ0) is 36.1. The van der Waals surface area contributed by atoms with E-state index in [0.29, 0.717) is 11.1 Å². The first-order valence-corrected chi connectivity index (χ1v) is 20.2. The molecule has 4 aliphatic rings. The Morgan fingerprint density at radius 2 is 1.45 bits per heavy atom. The molecule has 0 bridgehead atoms. The lowest BCUT2D eigenvalue weighted by Crippen LogP contribution is -2.27. The molecule has 2 N–H and O–H groups in total. The van der Waals surface area contributed by atoms with Gasteiger partial charge in [0.2, 0.25) is 0 Å². The molecule has 10 rings (SSSR count). The fourth-order valence-electron chi connectivity index (χ4n) is 7.92. The van der Waals surface area contributed by atoms with Crippen molar-refractivity contribution in [2.75, 3.05) is 23.7 Å². The van der Waals surface area contributed by atoms with Gasteiger partial charge in [-0.25, -0.2) is 19.9 Å². The number of nitrogens with one attached hydrogen (secondary N) is 2. The third kappa shape index (κ3) is 7.88. The summed E-state index contributed by atoms with van der Waals surface area (Å²) in [5, 5.41) is 10.6. The molecule has 53 heavy (non-hydrogen) atoms. The highest BCUT2D eigenvalue weighted by Gasteiger charge is 2.54. The van der Waals surface area contributed by atoms with Gasteiger partial charge in [0.05, 0.1) is 28.6 Å². The number of hydrogen-bond acceptors (Lipinski definition) is 8. The molecule has 0 spiro atoms. The minimum atomic E-state index is -0.599. The maximum Gasteiger partial charge on any atom is 0.163 e. The summed E-state index contributed by atoms with van der Waals surface area (Å²) in [5.41, 5.74) is 4.25. The van der Waals surface area contributed by atoms with Crippen molar-refractivity contribution in [3.05, 3.63) is 94.4 Å². The van der Waals surface area contributed by atoms with Gasteiger partial charge in [0, 0.05) is 34.5 Å². The monoisotopic (exact) mass is 793 g/mol. The predicted octanol–water partition coefficient (Wildman–Crippen LogP) is 9.99. The smallest absolute Gasteiger partial charge is 0.163 e. The summed E-state index contributed by atoms with van der Waals surface area (Å²) in [7, 11) is 0. The number of anilines is 2. The van der Waals surface area contributed by atoms with E-state index in [0.717, 1.165) is 82.4 Å². The number of fused-ring (bicyclic) bond motifs is 4. The lowest BCUT2D eigenvalue weighted by atomic mass is 9.95. The van der Waals surface area contributed by atoms with E-state index in [2.05, 4.69) is 107 Å². The average Bonchev–Trinajstić information content (AvgIpc) is 4.07. The van der Waals surface area contributed by atoms with Crippen LogP contribution in [0.2, 0.25) is 5.15 Å². The minimum Gasteiger partial charge on any atom is -0.370 e. The first-order chi connectivity index (χ1) is 25.7. The second kappa shape index (κ2) is 14.4. The van der Waals surface area contributed by atoms with Gasteiger partial charge in [-0.05, 0) is 131 Å². The number of hydrogen-bond donors (Lipinski definition) is 2. The number of benzene rings is 2. The van der Waals surface area contributed by atoms with E-state index >= 15 is 0 Å². The Morgan fingerprint density at radius 1 is 0.811 bits per heavy atom. The van der Waals surface area contributed by atoms with Gasteiger partial charge in [0.15, 0.2) is 5.79 Å². The van der Waals surface area contributed by atoms with E-state index in [9.17, 15) is 0 Å². The standard InChI is InChI=1S/C29H32ClN5O2.C13H13BrN2/c1-29(2)36-25-20(14-23(26(25)37-29)35-12-11-21-27(30)32-16-33-28(21)35)8-6-17-5-7-19-9-10-24(34-22(19)13-17)31-15-18-3-4-18;14-11-5-3-10-4-6-13(16-12(10)7-11)15-8-9-1-2-9/h5,7,9-13,16,18,20,23,25-26H,3-4,6,8,14-15H2,1-2H3,(H,31,34);3-7,9H,1-2,8H2,(H,15,16)/t20-,23+,25+,26-;/m0./s1. The van der Waals surface area contributed by atoms with Crippen LogP contribution in [0.1, 0.15) is 64.0 Å². The number of ether oxygens (including phenoxy) is 2. The Hall–Kier alpha value is -3.83. The van der Waals surface area contributed by atoms with Gasteiger partial charge in [0.25, 0.3) is 0 Å². The third-order valence-corrected chi connectivity index (χ3v) is 11.9. The molecule has 9 nitrogen and oxygen atoms in total. The number of aromatic nitrogens is 5. The number of halogens is 2. The van der Waals surface area contributed by atoms with Crippen molar-refractivity contribution in [3.63, 3.8) is 0 Å². The highest BCUT2D eigenvalue weighted by molar-refractivity contribution is 9.10. The molecule has 3 aliphatic carbocycles. The third-order valence-electron chi connectivity index (χ3n) is 11.1. The van der Waals surface area contributed by atoms with Crippen LogP contribution in [0.15, 0.2) is 83.7 Å². The van der Waals surface area contributed by atoms with Crippen molar-refractivity contribution in [3.8, 4) is 0 Å². The van der Waals surface area contributed by atoms with Gasteiger partial charge in [-0.15, -0.1) is 0 Å². The van der Waals surface area contributed by atoms with E-state index in [-0.39, 0.29) is 18.2 Å². The van der Waals surface area contributed by atoms with Gasteiger partial charge in [0.1, 0.15) is 34.9 Å². The molecule has 3 saturated carbocycles. The van der Waals surface area contributed by atoms with E-state index in [1.54, 1.807) is 0 Å². The second-order valence-electron chi connectivity index (χ2n) is 15.7. The Kier molecular flexibility index (Phi) is 9.51. The van der Waals surface area contributed by atoms with Gasteiger partial charge in [-0.2, -0.15) is 0 Å². The van der Waals surface area contributed by atoms with Crippen LogP contribution in [-0.2, 0) is 15.9 Å². The van der Waals surface area contributed by atoms with Crippen LogP contribution in [0.25, 0.3) is 32.8 Å². The van der Waals surface area contributed by atoms with Crippen LogP contribution in [0.4, 0.5) is 11.6 Å². The van der Waals surface area contributed by atoms with Gasteiger partial charge < -0.3 is 24.7 Å². The van der Waals surface area contributed by atoms with Gasteiger partial charge in [-0.1, -0.05) is 45.7 Å². The molecule has 1 aliphatic heterocycles. The number of pyridine rings is 2. The summed E-state index contributed by atoms with van der Waals surface area (Å²) < 4.78 is 16.2. The van der Waals surface area contributed by atoms with Crippen molar-refractivity contribution in [1.29, 1.82) is 0 Å². The first-order valence-electron chi connectivity index (χ1n) is 19.0. The summed E-state index contributed by atoms with van der Waals surface area (Å²) in [5.74, 6) is 3.43. The quantitative estimate of drug-likeness (QED) is 0.132. The Bertz CT molecular complexity index is 2270. The predicted molar refractivity (Wildman–Crippen MR) is 215 cm³/mol. The molecular weight excluding hydrogens is 750 g/mol. The van der Waals surface area contributed by atoms with Crippen molar-refractivity contribution in [2.24, 2.45) is 17.8 Å². The Balaban J connectivity index is 0.000000194. The van der Waals surface area contributed by atoms with Crippen LogP contribution >= 0.6 is 27.5 Å². The second-order valence-corrected chi connectivity index (χ2v) is 17.0. The topological polar surface area (TPSA) is 99.0 Å². The molecule has 0 amide bonds. The number of nitrogens with zero attached hydrogens (tertiary/aromatic N) is 5. The van der Waals surface area contributed by atoms with Crippen LogP contribution < -0.4 is 10.6 Å². The van der Waals surface area contributed by atoms with Crippen LogP contribution in [0.3, 0.4) is 0 Å². The number of aryl methyl sites for hydroxylation is 1. The average molecular weight is 795 g/mol. The summed E-state index contributed by atoms with van der Waals surface area (Å²) in [6.45, 7) is 6.11. The number of rotatable bonds is 10. The van der Waals surface area contributed by atoms with E-state index in [1.807, 2.05) is 26.0 Å². The SMILES string of the molecule is Brc1ccc2ccc(NCC3CC3)nc2c1.CC1(C)O[C@@H]2[C@@H](CCc3ccc4ccc(NCC5CC5)nc4c3)C[C@@H](n3ccc4c(Cl)ncnc43)[C@@H]2O1. The molecule has 5 heterocycles. The molecule has 11 heteroatoms. The normalized spacial score (nSPS) is 23.2. The molecule has 274 valence electrons. The van der Waals surface area contributed by atoms with E-state index < -0.39 is 5.79 Å². The minimum absolute atomic E-state index is 0.0253. The summed E-state index contributed by atoms with van der Waals surface area (Å²) in [6.07, 6.45) is 12.0. The zero-order valence-electron chi connectivity index (χ0n) is 30.1. The van der Waals surface area contributed by atoms with Crippen LogP contribution in [0.5, 0.6) is 0 Å². The highest BCUT2D eigenvalue weighted by Crippen LogP contribution is 2.49. The fourth-order valence-corrected chi connectivity index (χ4v) is 8.46. The van der Waals surface area contributed by atoms with E-state index in [1.165, 1.54) is 48.3 Å². The molecule has 4 aromatic heterocycles. The zero-order valence-corrected chi connectivity index (χ0v) is 32.5. The summed E-state index contributed by atoms with van der Waals surface area (Å²) in [4.78, 5) is 18.2. The summed E-state index contributed by atoms with van der Waals surface area (Å²) >= 11 is 9.80. The van der Waals surface area contributed by atoms with Gasteiger partial charge >= 0.3 is 0 Å². The molecule has 4 fully saturated rings. The largest absolute Gasteiger partial charge is 0.370 e. The molecule has 4 atom stereocenters. The van der Waals surface area contributed by atoms with Crippen LogP contribution in [-0.4, -0.2) is 55.6 Å². The van der Waals surface area contributed by atoms with Gasteiger partial charge in [-0.3, -0.25) is 0 Å². The lowest BCUT2D eigenvalue weighted by molar-refractivity contribution is -0.160. The fraction of sp³-hybridized carbons (Fsp3) is 0.429. The highest BCUT2D eigenvalue weighted by atomic mass is 79.9. The lowest BCUT2D eigenvalue weighted by Gasteiger charge is -2.24. The van der Waals surface area contributed by atoms with Crippen molar-refractivity contribution in [1.82, 2.24) is 24.5 Å². The van der Waals surface area contributed by atoms with Crippen molar-refractivity contribution < 1.29 is 9.47 Å². The first kappa shape index (κ1) is 34.9. The molecule has 0 unspecified atom stereocenters. The maximum atomic E-state index is 6.46. The van der Waals surface area contributed by atoms with Crippen LogP contribution in [0, 0.1) is 17.8 Å². The summed E-state index contributed by atoms with van der Waals surface area (Å²) in [6, 6.07) is 23.4.